The summed E-state index contributed by atoms with van der Waals surface area (Å²) in [5.74, 6) is 0.602. The van der Waals surface area contributed by atoms with Gasteiger partial charge in [-0.05, 0) is 34.1 Å². The highest BCUT2D eigenvalue weighted by Gasteiger charge is 2.41. The Balaban J connectivity index is 1.37. The molecule has 2 aliphatic heterocycles. The first kappa shape index (κ1) is 21.5. The minimum absolute atomic E-state index is 0.261. The van der Waals surface area contributed by atoms with Crippen molar-refractivity contribution < 1.29 is 8.42 Å². The van der Waals surface area contributed by atoms with Gasteiger partial charge in [0, 0.05) is 44.0 Å². The molecule has 2 atom stereocenters. The molecule has 2 heterocycles. The van der Waals surface area contributed by atoms with Crippen molar-refractivity contribution in [2.45, 2.75) is 23.9 Å². The number of sulfonamides is 1. The molecule has 0 aliphatic carbocycles. The van der Waals surface area contributed by atoms with E-state index in [1.54, 1.807) is 10.4 Å². The molecule has 34 heavy (non-hydrogen) atoms. The summed E-state index contributed by atoms with van der Waals surface area (Å²) in [6.07, 6.45) is 0. The van der Waals surface area contributed by atoms with Crippen molar-refractivity contribution in [3.05, 3.63) is 114 Å². The highest BCUT2D eigenvalue weighted by atomic mass is 32.2. The Morgan fingerprint density at radius 1 is 0.735 bits per heavy atom. The Morgan fingerprint density at radius 2 is 1.47 bits per heavy atom. The minimum Gasteiger partial charge on any atom is -0.298 e. The molecule has 0 amide bonds. The average molecular weight is 469 g/mol. The summed E-state index contributed by atoms with van der Waals surface area (Å²) in [6.45, 7) is 3.71. The van der Waals surface area contributed by atoms with Gasteiger partial charge in [0.2, 0.25) is 10.0 Å². The third-order valence-corrected chi connectivity index (χ3v) is 9.24. The van der Waals surface area contributed by atoms with E-state index in [9.17, 15) is 8.42 Å². The largest absolute Gasteiger partial charge is 0.298 e. The lowest BCUT2D eigenvalue weighted by Gasteiger charge is -2.25. The van der Waals surface area contributed by atoms with E-state index in [0.29, 0.717) is 23.9 Å². The van der Waals surface area contributed by atoms with Crippen LogP contribution >= 0.6 is 0 Å². The summed E-state index contributed by atoms with van der Waals surface area (Å²) >= 11 is 0. The third-order valence-electron chi connectivity index (χ3n) is 7.37. The molecule has 1 saturated heterocycles. The van der Waals surface area contributed by atoms with Crippen LogP contribution in [0.5, 0.6) is 0 Å². The fraction of sp³-hybridized carbons (Fsp3) is 0.241. The Morgan fingerprint density at radius 3 is 2.35 bits per heavy atom. The van der Waals surface area contributed by atoms with Gasteiger partial charge in [-0.3, -0.25) is 4.90 Å². The van der Waals surface area contributed by atoms with Crippen LogP contribution in [-0.2, 0) is 23.1 Å². The van der Waals surface area contributed by atoms with Crippen molar-refractivity contribution in [1.82, 2.24) is 9.21 Å². The second-order valence-electron chi connectivity index (χ2n) is 9.52. The maximum Gasteiger partial charge on any atom is 0.244 e. The lowest BCUT2D eigenvalue weighted by molar-refractivity contribution is 0.293. The van der Waals surface area contributed by atoms with E-state index in [-0.39, 0.29) is 5.92 Å². The van der Waals surface area contributed by atoms with Gasteiger partial charge in [-0.1, -0.05) is 91.0 Å². The van der Waals surface area contributed by atoms with Gasteiger partial charge in [-0.2, -0.15) is 4.31 Å². The molecule has 2 unspecified atom stereocenters. The molecule has 0 N–H and O–H groups in total. The van der Waals surface area contributed by atoms with E-state index in [1.165, 1.54) is 11.1 Å². The standard InChI is InChI=1S/C29H28N2O2S/c32-34(33,29-16-8-13-23-11-4-7-15-27(23)29)31-19-24-12-5-6-14-26(24)28-21-30(18-25(28)20-31)17-22-9-2-1-3-10-22/h1-16,25,28H,17-21H2. The summed E-state index contributed by atoms with van der Waals surface area (Å²) in [5, 5.41) is 1.74. The van der Waals surface area contributed by atoms with Crippen LogP contribution in [0.2, 0.25) is 0 Å². The second-order valence-corrected chi connectivity index (χ2v) is 11.4. The predicted molar refractivity (Wildman–Crippen MR) is 136 cm³/mol. The average Bonchev–Trinajstić information content (AvgIpc) is 3.18. The molecule has 0 radical (unpaired) electrons. The second kappa shape index (κ2) is 8.66. The zero-order valence-corrected chi connectivity index (χ0v) is 19.9. The molecule has 4 aromatic rings. The molecule has 1 fully saturated rings. The van der Waals surface area contributed by atoms with Crippen molar-refractivity contribution in [2.75, 3.05) is 19.6 Å². The van der Waals surface area contributed by atoms with E-state index < -0.39 is 10.0 Å². The van der Waals surface area contributed by atoms with E-state index in [2.05, 4.69) is 47.4 Å². The summed E-state index contributed by atoms with van der Waals surface area (Å²) in [5.41, 5.74) is 3.73. The molecular weight excluding hydrogens is 440 g/mol. The van der Waals surface area contributed by atoms with Gasteiger partial charge >= 0.3 is 0 Å². The van der Waals surface area contributed by atoms with Crippen LogP contribution in [0.25, 0.3) is 10.8 Å². The quantitative estimate of drug-likeness (QED) is 0.410. The zero-order valence-electron chi connectivity index (χ0n) is 19.0. The number of rotatable bonds is 4. The van der Waals surface area contributed by atoms with Gasteiger partial charge in [0.05, 0.1) is 4.90 Å². The van der Waals surface area contributed by atoms with Crippen molar-refractivity contribution in [2.24, 2.45) is 5.92 Å². The fourth-order valence-electron chi connectivity index (χ4n) is 5.77. The highest BCUT2D eigenvalue weighted by Crippen LogP contribution is 2.40. The first-order valence-electron chi connectivity index (χ1n) is 11.9. The van der Waals surface area contributed by atoms with Gasteiger partial charge in [0.25, 0.3) is 0 Å². The molecule has 172 valence electrons. The normalized spacial score (nSPS) is 21.2. The lowest BCUT2D eigenvalue weighted by atomic mass is 9.87. The molecule has 4 aromatic carbocycles. The van der Waals surface area contributed by atoms with Crippen LogP contribution in [0, 0.1) is 5.92 Å². The SMILES string of the molecule is O=S(=O)(c1cccc2ccccc12)N1Cc2ccccc2C2CN(Cc3ccccc3)CC2C1. The van der Waals surface area contributed by atoms with Crippen LogP contribution in [0.4, 0.5) is 0 Å². The molecule has 2 aliphatic rings. The predicted octanol–water partition coefficient (Wildman–Crippen LogP) is 5.26. The fourth-order valence-corrected chi connectivity index (χ4v) is 7.46. The smallest absolute Gasteiger partial charge is 0.244 e. The molecule has 0 aromatic heterocycles. The minimum atomic E-state index is -3.65. The molecule has 4 nitrogen and oxygen atoms in total. The summed E-state index contributed by atoms with van der Waals surface area (Å²) in [6, 6.07) is 32.3. The lowest BCUT2D eigenvalue weighted by Crippen LogP contribution is -2.35. The Labute approximate surface area is 201 Å². The maximum absolute atomic E-state index is 14.0. The van der Waals surface area contributed by atoms with Crippen LogP contribution in [0.15, 0.2) is 102 Å². The molecule has 5 heteroatoms. The van der Waals surface area contributed by atoms with Crippen LogP contribution in [0.3, 0.4) is 0 Å². The molecular formula is C29H28N2O2S. The summed E-state index contributed by atoms with van der Waals surface area (Å²) in [4.78, 5) is 2.89. The van der Waals surface area contributed by atoms with E-state index in [0.717, 1.165) is 36.0 Å². The van der Waals surface area contributed by atoms with Gasteiger partial charge < -0.3 is 0 Å². The van der Waals surface area contributed by atoms with Gasteiger partial charge in [0.15, 0.2) is 0 Å². The number of fused-ring (bicyclic) bond motifs is 4. The van der Waals surface area contributed by atoms with Crippen molar-refractivity contribution in [3.63, 3.8) is 0 Å². The number of hydrogen-bond acceptors (Lipinski definition) is 3. The summed E-state index contributed by atoms with van der Waals surface area (Å²) < 4.78 is 29.8. The Hall–Kier alpha value is -2.99. The highest BCUT2D eigenvalue weighted by molar-refractivity contribution is 7.89. The number of likely N-dealkylation sites (tertiary alicyclic amines) is 1. The van der Waals surface area contributed by atoms with Gasteiger partial charge in [-0.25, -0.2) is 8.42 Å². The molecule has 0 spiro atoms. The maximum atomic E-state index is 14.0. The van der Waals surface area contributed by atoms with Crippen molar-refractivity contribution >= 4 is 20.8 Å². The summed E-state index contributed by atoms with van der Waals surface area (Å²) in [7, 11) is -3.65. The Kier molecular flexibility index (Phi) is 5.48. The first-order chi connectivity index (χ1) is 16.6. The van der Waals surface area contributed by atoms with Crippen LogP contribution < -0.4 is 0 Å². The monoisotopic (exact) mass is 468 g/mol. The van der Waals surface area contributed by atoms with Crippen molar-refractivity contribution in [1.29, 1.82) is 0 Å². The topological polar surface area (TPSA) is 40.6 Å². The molecule has 6 rings (SSSR count). The van der Waals surface area contributed by atoms with E-state index >= 15 is 0 Å². The first-order valence-corrected chi connectivity index (χ1v) is 13.4. The number of nitrogens with zero attached hydrogens (tertiary/aromatic N) is 2. The Bertz CT molecular complexity index is 1430. The van der Waals surface area contributed by atoms with Gasteiger partial charge in [-0.15, -0.1) is 0 Å². The van der Waals surface area contributed by atoms with Crippen molar-refractivity contribution in [3.8, 4) is 0 Å². The van der Waals surface area contributed by atoms with E-state index in [4.69, 9.17) is 0 Å². The van der Waals surface area contributed by atoms with E-state index in [1.807, 2.05) is 48.5 Å². The number of benzene rings is 4. The zero-order chi connectivity index (χ0) is 23.1. The molecule has 0 saturated carbocycles. The van der Waals surface area contributed by atoms with Crippen LogP contribution in [0.1, 0.15) is 22.6 Å². The number of hydrogen-bond donors (Lipinski definition) is 0. The van der Waals surface area contributed by atoms with Gasteiger partial charge in [0.1, 0.15) is 0 Å². The van der Waals surface area contributed by atoms with Crippen LogP contribution in [-0.4, -0.2) is 37.3 Å². The molecule has 0 bridgehead atoms. The third kappa shape index (κ3) is 3.84.